The van der Waals surface area contributed by atoms with Gasteiger partial charge in [0.15, 0.2) is 0 Å². The molecule has 2 nitrogen and oxygen atoms in total. The highest BCUT2D eigenvalue weighted by atomic mass is 16.5. The van der Waals surface area contributed by atoms with Gasteiger partial charge in [0.1, 0.15) is 0 Å². The predicted molar refractivity (Wildman–Crippen MR) is 70.1 cm³/mol. The van der Waals surface area contributed by atoms with E-state index < -0.39 is 0 Å². The molecule has 1 spiro atoms. The van der Waals surface area contributed by atoms with E-state index in [0.717, 1.165) is 17.9 Å². The van der Waals surface area contributed by atoms with Gasteiger partial charge in [0.2, 0.25) is 0 Å². The van der Waals surface area contributed by atoms with Crippen molar-refractivity contribution in [1.82, 2.24) is 4.90 Å². The van der Waals surface area contributed by atoms with E-state index in [2.05, 4.69) is 18.9 Å². The first-order valence-electron chi connectivity index (χ1n) is 7.42. The van der Waals surface area contributed by atoms with Crippen molar-refractivity contribution in [3.63, 3.8) is 0 Å². The van der Waals surface area contributed by atoms with Gasteiger partial charge in [0.25, 0.3) is 0 Å². The minimum absolute atomic E-state index is 0.252. The number of hydrogen-bond acceptors (Lipinski definition) is 2. The highest BCUT2D eigenvalue weighted by Gasteiger charge is 2.44. The van der Waals surface area contributed by atoms with Crippen molar-refractivity contribution in [1.29, 1.82) is 0 Å². The number of ether oxygens (including phenoxy) is 1. The summed E-state index contributed by atoms with van der Waals surface area (Å²) < 4.78 is 5.76. The lowest BCUT2D eigenvalue weighted by Crippen LogP contribution is -2.42. The Morgan fingerprint density at radius 1 is 1.18 bits per heavy atom. The monoisotopic (exact) mass is 237 g/mol. The zero-order valence-corrected chi connectivity index (χ0v) is 11.5. The average molecular weight is 237 g/mol. The van der Waals surface area contributed by atoms with Crippen molar-refractivity contribution >= 4 is 0 Å². The molecule has 0 bridgehead atoms. The zero-order chi connectivity index (χ0) is 11.9. The second-order valence-corrected chi connectivity index (χ2v) is 7.16. The van der Waals surface area contributed by atoms with Crippen LogP contribution in [0, 0.1) is 11.3 Å². The van der Waals surface area contributed by atoms with Crippen LogP contribution in [0.25, 0.3) is 0 Å². The van der Waals surface area contributed by atoms with E-state index in [-0.39, 0.29) is 5.60 Å². The first-order chi connectivity index (χ1) is 8.09. The minimum Gasteiger partial charge on any atom is -0.375 e. The van der Waals surface area contributed by atoms with Crippen LogP contribution in [0.4, 0.5) is 0 Å². The first-order valence-corrected chi connectivity index (χ1v) is 7.42. The Morgan fingerprint density at radius 3 is 2.47 bits per heavy atom. The maximum absolute atomic E-state index is 5.76. The molecule has 2 heteroatoms. The normalized spacial score (nSPS) is 41.6. The zero-order valence-electron chi connectivity index (χ0n) is 11.5. The third-order valence-electron chi connectivity index (χ3n) is 5.65. The summed E-state index contributed by atoms with van der Waals surface area (Å²) in [7, 11) is 2.27. The smallest absolute Gasteiger partial charge is 0.0679 e. The number of rotatable bonds is 2. The molecule has 2 unspecified atom stereocenters. The fourth-order valence-corrected chi connectivity index (χ4v) is 4.27. The summed E-state index contributed by atoms with van der Waals surface area (Å²) >= 11 is 0. The van der Waals surface area contributed by atoms with Gasteiger partial charge in [-0.15, -0.1) is 0 Å². The molecule has 0 aromatic heterocycles. The van der Waals surface area contributed by atoms with Crippen LogP contribution >= 0.6 is 0 Å². The molecule has 2 saturated heterocycles. The van der Waals surface area contributed by atoms with E-state index in [1.165, 1.54) is 58.0 Å². The van der Waals surface area contributed by atoms with Gasteiger partial charge in [-0.05, 0) is 83.3 Å². The topological polar surface area (TPSA) is 12.5 Å². The molecule has 0 amide bonds. The summed E-state index contributed by atoms with van der Waals surface area (Å²) in [5, 5.41) is 0. The molecule has 2 aliphatic heterocycles. The second kappa shape index (κ2) is 4.24. The summed E-state index contributed by atoms with van der Waals surface area (Å²) in [5.74, 6) is 0.948. The standard InChI is InChI=1S/C15H27NO/c1-14(7-10-17-14)11-13-3-4-15(12-13)5-8-16(2)9-6-15/h13H,3-12H2,1-2H3. The van der Waals surface area contributed by atoms with Crippen molar-refractivity contribution in [2.75, 3.05) is 26.7 Å². The van der Waals surface area contributed by atoms with Crippen LogP contribution in [-0.2, 0) is 4.74 Å². The van der Waals surface area contributed by atoms with Crippen LogP contribution in [0.15, 0.2) is 0 Å². The molecule has 98 valence electrons. The van der Waals surface area contributed by atoms with Gasteiger partial charge < -0.3 is 9.64 Å². The van der Waals surface area contributed by atoms with Crippen molar-refractivity contribution in [3.8, 4) is 0 Å². The summed E-state index contributed by atoms with van der Waals surface area (Å²) in [5.41, 5.74) is 0.971. The summed E-state index contributed by atoms with van der Waals surface area (Å²) in [6, 6.07) is 0. The number of hydrogen-bond donors (Lipinski definition) is 0. The molecular formula is C15H27NO. The van der Waals surface area contributed by atoms with Gasteiger partial charge in [-0.3, -0.25) is 0 Å². The summed E-state index contributed by atoms with van der Waals surface area (Å²) in [6.45, 7) is 5.95. The molecule has 2 heterocycles. The predicted octanol–water partition coefficient (Wildman–Crippen LogP) is 3.07. The molecular weight excluding hydrogens is 210 g/mol. The van der Waals surface area contributed by atoms with Crippen molar-refractivity contribution in [2.24, 2.45) is 11.3 Å². The van der Waals surface area contributed by atoms with Crippen molar-refractivity contribution in [3.05, 3.63) is 0 Å². The van der Waals surface area contributed by atoms with E-state index in [4.69, 9.17) is 4.74 Å². The van der Waals surface area contributed by atoms with E-state index in [1.807, 2.05) is 0 Å². The average Bonchev–Trinajstić information content (AvgIpc) is 2.65. The summed E-state index contributed by atoms with van der Waals surface area (Å²) in [4.78, 5) is 2.49. The van der Waals surface area contributed by atoms with Crippen LogP contribution in [-0.4, -0.2) is 37.2 Å². The maximum atomic E-state index is 5.76. The van der Waals surface area contributed by atoms with E-state index in [0.29, 0.717) is 0 Å². The van der Waals surface area contributed by atoms with E-state index in [9.17, 15) is 0 Å². The first kappa shape index (κ1) is 12.0. The van der Waals surface area contributed by atoms with Crippen LogP contribution in [0.1, 0.15) is 51.9 Å². The number of likely N-dealkylation sites (tertiary alicyclic amines) is 1. The molecule has 0 radical (unpaired) electrons. The third kappa shape index (κ3) is 2.39. The van der Waals surface area contributed by atoms with Crippen LogP contribution in [0.3, 0.4) is 0 Å². The highest BCUT2D eigenvalue weighted by molar-refractivity contribution is 4.95. The lowest BCUT2D eigenvalue weighted by Gasteiger charge is -2.41. The van der Waals surface area contributed by atoms with Gasteiger partial charge in [0.05, 0.1) is 12.2 Å². The number of piperidine rings is 1. The van der Waals surface area contributed by atoms with Gasteiger partial charge in [0, 0.05) is 0 Å². The highest BCUT2D eigenvalue weighted by Crippen LogP contribution is 2.51. The Hall–Kier alpha value is -0.0800. The summed E-state index contributed by atoms with van der Waals surface area (Å²) in [6.07, 6.45) is 9.93. The third-order valence-corrected chi connectivity index (χ3v) is 5.65. The van der Waals surface area contributed by atoms with Crippen molar-refractivity contribution in [2.45, 2.75) is 57.5 Å². The van der Waals surface area contributed by atoms with Gasteiger partial charge in [-0.1, -0.05) is 0 Å². The van der Waals surface area contributed by atoms with Gasteiger partial charge in [-0.2, -0.15) is 0 Å². The molecule has 3 rings (SSSR count). The minimum atomic E-state index is 0.252. The molecule has 3 aliphatic rings. The number of nitrogens with zero attached hydrogens (tertiary/aromatic N) is 1. The molecule has 0 aromatic carbocycles. The fraction of sp³-hybridized carbons (Fsp3) is 1.00. The molecule has 0 aromatic rings. The molecule has 0 N–H and O–H groups in total. The molecule has 3 fully saturated rings. The second-order valence-electron chi connectivity index (χ2n) is 7.16. The largest absolute Gasteiger partial charge is 0.375 e. The SMILES string of the molecule is CN1CCC2(CCC(CC3(C)CCO3)C2)CC1. The van der Waals surface area contributed by atoms with Crippen molar-refractivity contribution < 1.29 is 4.74 Å². The van der Waals surface area contributed by atoms with Crippen LogP contribution < -0.4 is 0 Å². The Kier molecular flexibility index (Phi) is 2.99. The van der Waals surface area contributed by atoms with E-state index >= 15 is 0 Å². The van der Waals surface area contributed by atoms with Crippen LogP contribution in [0.2, 0.25) is 0 Å². The Balaban J connectivity index is 1.54. The Labute approximate surface area is 106 Å². The maximum Gasteiger partial charge on any atom is 0.0679 e. The Morgan fingerprint density at radius 2 is 1.88 bits per heavy atom. The van der Waals surface area contributed by atoms with Crippen LogP contribution in [0.5, 0.6) is 0 Å². The van der Waals surface area contributed by atoms with E-state index in [1.54, 1.807) is 0 Å². The lowest BCUT2D eigenvalue weighted by atomic mass is 9.75. The lowest BCUT2D eigenvalue weighted by molar-refractivity contribution is -0.145. The molecule has 17 heavy (non-hydrogen) atoms. The quantitative estimate of drug-likeness (QED) is 0.732. The molecule has 1 aliphatic carbocycles. The molecule has 2 atom stereocenters. The fourth-order valence-electron chi connectivity index (χ4n) is 4.27. The van der Waals surface area contributed by atoms with Gasteiger partial charge in [-0.25, -0.2) is 0 Å². The van der Waals surface area contributed by atoms with Gasteiger partial charge >= 0.3 is 0 Å². The molecule has 1 saturated carbocycles. The Bertz CT molecular complexity index is 277.